The Bertz CT molecular complexity index is 1240. The number of aliphatic imine (C=N–C) groups is 1. The monoisotopic (exact) mass is 511 g/mol. The SMILES string of the molecule is CCCN(CCC)c1ccc(/C=C2/SC(=Nc3ccc(CC)cc3)N(c3ccc(CC)cc3)C2=O)cc1. The number of hydrogen-bond donors (Lipinski definition) is 0. The summed E-state index contributed by atoms with van der Waals surface area (Å²) in [4.78, 5) is 23.4. The summed E-state index contributed by atoms with van der Waals surface area (Å²) in [6, 6.07) is 25.0. The molecule has 0 unspecified atom stereocenters. The fourth-order valence-corrected chi connectivity index (χ4v) is 5.42. The fourth-order valence-electron chi connectivity index (χ4n) is 4.42. The first-order valence-electron chi connectivity index (χ1n) is 13.4. The van der Waals surface area contributed by atoms with Crippen LogP contribution in [-0.2, 0) is 17.6 Å². The molecule has 192 valence electrons. The summed E-state index contributed by atoms with van der Waals surface area (Å²) in [5.74, 6) is -0.0409. The summed E-state index contributed by atoms with van der Waals surface area (Å²) >= 11 is 1.44. The van der Waals surface area contributed by atoms with Crippen LogP contribution in [0, 0.1) is 0 Å². The smallest absolute Gasteiger partial charge is 0.271 e. The largest absolute Gasteiger partial charge is 0.372 e. The van der Waals surface area contributed by atoms with E-state index in [9.17, 15) is 4.79 Å². The van der Waals surface area contributed by atoms with Crippen molar-refractivity contribution in [3.05, 3.63) is 94.4 Å². The number of carbonyl (C=O) groups is 1. The summed E-state index contributed by atoms with van der Waals surface area (Å²) in [6.07, 6.45) is 6.17. The van der Waals surface area contributed by atoms with Crippen LogP contribution in [0.4, 0.5) is 17.1 Å². The Kier molecular flexibility index (Phi) is 9.24. The van der Waals surface area contributed by atoms with E-state index in [-0.39, 0.29) is 5.91 Å². The number of rotatable bonds is 10. The molecule has 4 rings (SSSR count). The molecule has 1 saturated heterocycles. The summed E-state index contributed by atoms with van der Waals surface area (Å²) < 4.78 is 0. The van der Waals surface area contributed by atoms with Crippen LogP contribution in [0.15, 0.2) is 82.7 Å². The first-order chi connectivity index (χ1) is 18.1. The van der Waals surface area contributed by atoms with Crippen LogP contribution in [0.25, 0.3) is 6.08 Å². The third-order valence-corrected chi connectivity index (χ3v) is 7.49. The van der Waals surface area contributed by atoms with Gasteiger partial charge in [-0.2, -0.15) is 0 Å². The number of nitrogens with zero attached hydrogens (tertiary/aromatic N) is 3. The molecule has 1 amide bonds. The molecule has 0 spiro atoms. The van der Waals surface area contributed by atoms with Gasteiger partial charge >= 0.3 is 0 Å². The molecule has 1 aliphatic heterocycles. The van der Waals surface area contributed by atoms with Gasteiger partial charge < -0.3 is 4.90 Å². The number of benzene rings is 3. The lowest BCUT2D eigenvalue weighted by Gasteiger charge is -2.23. The zero-order chi connectivity index (χ0) is 26.2. The van der Waals surface area contributed by atoms with Gasteiger partial charge in [0.2, 0.25) is 0 Å². The molecule has 37 heavy (non-hydrogen) atoms. The van der Waals surface area contributed by atoms with Crippen LogP contribution in [0.1, 0.15) is 57.2 Å². The highest BCUT2D eigenvalue weighted by atomic mass is 32.2. The molecule has 1 aliphatic rings. The normalized spacial score (nSPS) is 15.7. The van der Waals surface area contributed by atoms with Gasteiger partial charge in [0.15, 0.2) is 5.17 Å². The molecular formula is C32H37N3OS. The van der Waals surface area contributed by atoms with E-state index >= 15 is 0 Å². The van der Waals surface area contributed by atoms with Crippen LogP contribution in [0.5, 0.6) is 0 Å². The van der Waals surface area contributed by atoms with Crippen molar-refractivity contribution < 1.29 is 4.79 Å². The number of thioether (sulfide) groups is 1. The summed E-state index contributed by atoms with van der Waals surface area (Å²) in [6.45, 7) is 10.8. The molecule has 5 heteroatoms. The maximum absolute atomic E-state index is 13.7. The molecule has 0 aromatic heterocycles. The minimum Gasteiger partial charge on any atom is -0.372 e. The van der Waals surface area contributed by atoms with Gasteiger partial charge in [-0.05, 0) is 96.6 Å². The molecule has 3 aromatic rings. The third kappa shape index (κ3) is 6.53. The Morgan fingerprint density at radius 1 is 0.784 bits per heavy atom. The predicted octanol–water partition coefficient (Wildman–Crippen LogP) is 8.25. The fraction of sp³-hybridized carbons (Fsp3) is 0.312. The van der Waals surface area contributed by atoms with Crippen molar-refractivity contribution in [2.75, 3.05) is 22.9 Å². The van der Waals surface area contributed by atoms with Crippen molar-refractivity contribution in [2.24, 2.45) is 4.99 Å². The van der Waals surface area contributed by atoms with Gasteiger partial charge in [0, 0.05) is 18.8 Å². The van der Waals surface area contributed by atoms with E-state index in [4.69, 9.17) is 4.99 Å². The van der Waals surface area contributed by atoms with E-state index in [0.717, 1.165) is 55.7 Å². The molecular weight excluding hydrogens is 474 g/mol. The average Bonchev–Trinajstić information content (AvgIpc) is 3.23. The van der Waals surface area contributed by atoms with E-state index in [1.807, 2.05) is 30.3 Å². The van der Waals surface area contributed by atoms with Crippen molar-refractivity contribution >= 4 is 46.0 Å². The average molecular weight is 512 g/mol. The second kappa shape index (κ2) is 12.8. The highest BCUT2D eigenvalue weighted by Crippen LogP contribution is 2.37. The number of hydrogen-bond acceptors (Lipinski definition) is 4. The van der Waals surface area contributed by atoms with E-state index in [1.165, 1.54) is 28.6 Å². The number of aryl methyl sites for hydroxylation is 2. The lowest BCUT2D eigenvalue weighted by molar-refractivity contribution is -0.113. The highest BCUT2D eigenvalue weighted by Gasteiger charge is 2.34. The highest BCUT2D eigenvalue weighted by molar-refractivity contribution is 8.19. The number of carbonyl (C=O) groups excluding carboxylic acids is 1. The Balaban J connectivity index is 1.66. The van der Waals surface area contributed by atoms with Crippen LogP contribution in [-0.4, -0.2) is 24.2 Å². The molecule has 0 radical (unpaired) electrons. The van der Waals surface area contributed by atoms with Crippen molar-refractivity contribution in [2.45, 2.75) is 53.4 Å². The van der Waals surface area contributed by atoms with Gasteiger partial charge in [0.05, 0.1) is 16.3 Å². The Morgan fingerprint density at radius 2 is 1.35 bits per heavy atom. The van der Waals surface area contributed by atoms with E-state index in [1.54, 1.807) is 4.90 Å². The topological polar surface area (TPSA) is 35.9 Å². The van der Waals surface area contributed by atoms with Gasteiger partial charge in [0.25, 0.3) is 5.91 Å². The standard InChI is InChI=1S/C32H37N3OS/c1-5-21-34(22-6-2)28-17-13-26(14-18-28)23-30-31(36)35(29-19-11-25(8-4)12-20-29)32(37-30)33-27-15-9-24(7-3)10-16-27/h9-20,23H,5-8,21-22H2,1-4H3/b30-23+,33-32?. The first kappa shape index (κ1) is 26.7. The lowest BCUT2D eigenvalue weighted by atomic mass is 10.1. The first-order valence-corrected chi connectivity index (χ1v) is 14.2. The quantitative estimate of drug-likeness (QED) is 0.257. The number of amidine groups is 1. The minimum absolute atomic E-state index is 0.0409. The molecule has 0 atom stereocenters. The third-order valence-electron chi connectivity index (χ3n) is 6.52. The molecule has 4 nitrogen and oxygen atoms in total. The number of amides is 1. The maximum atomic E-state index is 13.7. The Morgan fingerprint density at radius 3 is 1.89 bits per heavy atom. The van der Waals surface area contributed by atoms with Crippen LogP contribution in [0.3, 0.4) is 0 Å². The summed E-state index contributed by atoms with van der Waals surface area (Å²) in [5, 5.41) is 0.679. The Hall–Kier alpha value is -3.31. The molecule has 3 aromatic carbocycles. The van der Waals surface area contributed by atoms with Gasteiger partial charge in [-0.25, -0.2) is 4.99 Å². The lowest BCUT2D eigenvalue weighted by Crippen LogP contribution is -2.28. The number of anilines is 2. The van der Waals surface area contributed by atoms with Crippen LogP contribution < -0.4 is 9.80 Å². The van der Waals surface area contributed by atoms with Crippen LogP contribution in [0.2, 0.25) is 0 Å². The van der Waals surface area contributed by atoms with Crippen molar-refractivity contribution in [3.8, 4) is 0 Å². The van der Waals surface area contributed by atoms with Crippen molar-refractivity contribution in [1.82, 2.24) is 0 Å². The zero-order valence-electron chi connectivity index (χ0n) is 22.4. The molecule has 0 aliphatic carbocycles. The van der Waals surface area contributed by atoms with Crippen LogP contribution >= 0.6 is 11.8 Å². The minimum atomic E-state index is -0.0409. The van der Waals surface area contributed by atoms with Gasteiger partial charge in [-0.3, -0.25) is 9.69 Å². The summed E-state index contributed by atoms with van der Waals surface area (Å²) in [5.41, 5.74) is 6.45. The van der Waals surface area contributed by atoms with E-state index in [0.29, 0.717) is 10.1 Å². The zero-order valence-corrected chi connectivity index (χ0v) is 23.2. The van der Waals surface area contributed by atoms with E-state index in [2.05, 4.69) is 81.1 Å². The van der Waals surface area contributed by atoms with Gasteiger partial charge in [-0.1, -0.05) is 64.1 Å². The maximum Gasteiger partial charge on any atom is 0.271 e. The Labute approximate surface area is 226 Å². The summed E-state index contributed by atoms with van der Waals surface area (Å²) in [7, 11) is 0. The van der Waals surface area contributed by atoms with Crippen molar-refractivity contribution in [1.29, 1.82) is 0 Å². The molecule has 0 bridgehead atoms. The molecule has 1 heterocycles. The predicted molar refractivity (Wildman–Crippen MR) is 161 cm³/mol. The molecule has 0 N–H and O–H groups in total. The second-order valence-corrected chi connectivity index (χ2v) is 10.3. The molecule has 1 fully saturated rings. The van der Waals surface area contributed by atoms with Gasteiger partial charge in [0.1, 0.15) is 0 Å². The van der Waals surface area contributed by atoms with Gasteiger partial charge in [-0.15, -0.1) is 0 Å². The van der Waals surface area contributed by atoms with E-state index < -0.39 is 0 Å². The van der Waals surface area contributed by atoms with Crippen molar-refractivity contribution in [3.63, 3.8) is 0 Å². The molecule has 0 saturated carbocycles. The second-order valence-electron chi connectivity index (χ2n) is 9.26.